The second-order valence-corrected chi connectivity index (χ2v) is 28.0. The van der Waals surface area contributed by atoms with Crippen LogP contribution < -0.4 is 34.2 Å². The fourth-order valence-electron chi connectivity index (χ4n) is 14.8. The maximum Gasteiger partial charge on any atom is 0.494 e. The van der Waals surface area contributed by atoms with E-state index < -0.39 is 7.12 Å². The predicted molar refractivity (Wildman–Crippen MR) is 384 cm³/mol. The van der Waals surface area contributed by atoms with Crippen LogP contribution in [0.4, 0.5) is 34.1 Å². The zero-order chi connectivity index (χ0) is 64.0. The summed E-state index contributed by atoms with van der Waals surface area (Å²) in [4.78, 5) is 4.46. The second kappa shape index (κ2) is 21.5. The summed E-state index contributed by atoms with van der Waals surface area (Å²) in [7, 11) is -0.436. The third-order valence-electron chi connectivity index (χ3n) is 20.3. The topological polar surface area (TPSA) is 61.9 Å². The van der Waals surface area contributed by atoms with Crippen molar-refractivity contribution >= 4 is 62.6 Å². The summed E-state index contributed by atoms with van der Waals surface area (Å²) in [6, 6.07) is 89.3. The molecule has 7 aliphatic rings. The van der Waals surface area contributed by atoms with Gasteiger partial charge in [0.05, 0.1) is 34.0 Å². The first kappa shape index (κ1) is 57.8. The van der Waals surface area contributed by atoms with Gasteiger partial charge >= 0.3 is 7.12 Å². The molecule has 0 saturated carbocycles. The van der Waals surface area contributed by atoms with Crippen molar-refractivity contribution in [2.75, 3.05) is 9.80 Å². The van der Waals surface area contributed by atoms with Crippen LogP contribution in [0.1, 0.15) is 77.6 Å². The molecule has 1 fully saturated rings. The van der Waals surface area contributed by atoms with Crippen molar-refractivity contribution in [2.45, 2.75) is 77.4 Å². The number of ether oxygens (including phenoxy) is 4. The molecule has 0 atom stereocenters. The van der Waals surface area contributed by atoms with Crippen LogP contribution in [-0.4, -0.2) is 18.3 Å². The first-order valence-corrected chi connectivity index (χ1v) is 33.0. The Labute approximate surface area is 557 Å². The van der Waals surface area contributed by atoms with Crippen LogP contribution in [0.2, 0.25) is 0 Å². The predicted octanol–water partition coefficient (Wildman–Crippen LogP) is 23.1. The molecule has 0 N–H and O–H groups in total. The minimum atomic E-state index is -0.436. The van der Waals surface area contributed by atoms with Crippen LogP contribution in [0.3, 0.4) is 0 Å². The minimum absolute atomic E-state index is 0.00854. The van der Waals surface area contributed by atoms with Crippen LogP contribution in [-0.2, 0) is 20.1 Å². The van der Waals surface area contributed by atoms with Crippen LogP contribution in [0.5, 0.6) is 46.0 Å². The lowest BCUT2D eigenvalue weighted by atomic mass is 9.78. The van der Waals surface area contributed by atoms with E-state index in [1.165, 1.54) is 66.8 Å². The standard InChI is InChI=1S/C39H27NO2.C24H22BNO4.C21H17Br/c1-39(2)29-11-4-3-9-28(29)37-27(10-7-12-30(37)39)25-19-17-24(18-20-25)26-21-22-32-36(23-26)42-35-16-8-15-34-38(35)40(32)31-13-5-6-14-33(31)41-34;1-23(2)24(3,4)30-25(29-23)15-12-13-17-21(14-15)28-20-11-7-10-19-22(20)26(17)16-8-5-6-9-18(16)27-19;1-21(2)18-8-4-3-6-17(18)20-16(7-5-9-19(20)21)14-10-12-15(22)13-11-14/h3-23H,1-2H3;5-14H,1-4H3;3-13H,1-2H3. The van der Waals surface area contributed by atoms with Gasteiger partial charge in [0.1, 0.15) is 11.4 Å². The average molecular weight is 1290 g/mol. The molecule has 5 aliphatic heterocycles. The van der Waals surface area contributed by atoms with Gasteiger partial charge in [0.15, 0.2) is 46.0 Å². The number of nitrogens with zero attached hydrogens (tertiary/aromatic N) is 2. The first-order chi connectivity index (χ1) is 45.5. The Hall–Kier alpha value is -10.1. The van der Waals surface area contributed by atoms with Gasteiger partial charge in [0.2, 0.25) is 0 Å². The van der Waals surface area contributed by atoms with Gasteiger partial charge in [0.25, 0.3) is 0 Å². The molecule has 458 valence electrons. The molecule has 0 aromatic heterocycles. The Balaban J connectivity index is 0.000000113. The number of fused-ring (bicyclic) bond motifs is 14. The summed E-state index contributed by atoms with van der Waals surface area (Å²) in [5.41, 5.74) is 24.5. The molecule has 94 heavy (non-hydrogen) atoms. The molecule has 0 amide bonds. The number of hydrogen-bond acceptors (Lipinski definition) is 8. The lowest BCUT2D eigenvalue weighted by molar-refractivity contribution is 0.00578. The lowest BCUT2D eigenvalue weighted by Crippen LogP contribution is -2.41. The molecule has 0 spiro atoms. The molecule has 19 rings (SSSR count). The highest BCUT2D eigenvalue weighted by Gasteiger charge is 2.52. The highest BCUT2D eigenvalue weighted by molar-refractivity contribution is 9.10. The Morgan fingerprint density at radius 2 is 0.649 bits per heavy atom. The van der Waals surface area contributed by atoms with E-state index in [0.717, 1.165) is 101 Å². The summed E-state index contributed by atoms with van der Waals surface area (Å²) < 4.78 is 38.7. The van der Waals surface area contributed by atoms with Crippen LogP contribution >= 0.6 is 15.9 Å². The molecule has 0 bridgehead atoms. The van der Waals surface area contributed by atoms with Crippen molar-refractivity contribution in [1.82, 2.24) is 0 Å². The molecule has 5 heterocycles. The van der Waals surface area contributed by atoms with E-state index in [1.54, 1.807) is 0 Å². The number of rotatable bonds is 4. The third kappa shape index (κ3) is 9.09. The van der Waals surface area contributed by atoms with Crippen molar-refractivity contribution in [3.05, 3.63) is 282 Å². The molecule has 12 aromatic rings. The van der Waals surface area contributed by atoms with Gasteiger partial charge in [-0.2, -0.15) is 0 Å². The van der Waals surface area contributed by atoms with Gasteiger partial charge in [-0.25, -0.2) is 0 Å². The maximum absolute atomic E-state index is 6.48. The fourth-order valence-corrected chi connectivity index (χ4v) is 15.1. The number of halogens is 1. The quantitative estimate of drug-likeness (QED) is 0.162. The molecule has 1 saturated heterocycles. The van der Waals surface area contributed by atoms with E-state index in [-0.39, 0.29) is 22.0 Å². The summed E-state index contributed by atoms with van der Waals surface area (Å²) in [6.45, 7) is 17.5. The van der Waals surface area contributed by atoms with E-state index in [0.29, 0.717) is 0 Å². The summed E-state index contributed by atoms with van der Waals surface area (Å²) >= 11 is 3.52. The smallest absolute Gasteiger partial charge is 0.453 e. The zero-order valence-corrected chi connectivity index (χ0v) is 55.1. The summed E-state index contributed by atoms with van der Waals surface area (Å²) in [5, 5.41) is 0. The second-order valence-electron chi connectivity index (χ2n) is 27.1. The molecule has 10 heteroatoms. The normalized spacial score (nSPS) is 16.0. The number of hydrogen-bond donors (Lipinski definition) is 0. The van der Waals surface area contributed by atoms with Gasteiger partial charge in [-0.3, -0.25) is 9.80 Å². The van der Waals surface area contributed by atoms with Gasteiger partial charge in [-0.15, -0.1) is 0 Å². The molecular weight excluding hydrogens is 1220 g/mol. The molecule has 0 radical (unpaired) electrons. The molecular formula is C84H66BBrN2O6. The molecule has 12 aromatic carbocycles. The number of benzene rings is 12. The van der Waals surface area contributed by atoms with Crippen molar-refractivity contribution in [3.8, 4) is 102 Å². The first-order valence-electron chi connectivity index (χ1n) is 32.2. The Morgan fingerprint density at radius 3 is 1.15 bits per heavy atom. The molecule has 2 aliphatic carbocycles. The Bertz CT molecular complexity index is 5080. The highest BCUT2D eigenvalue weighted by atomic mass is 79.9. The number of anilines is 6. The van der Waals surface area contributed by atoms with Crippen LogP contribution in [0.25, 0.3) is 55.6 Å². The van der Waals surface area contributed by atoms with Gasteiger partial charge in [0, 0.05) is 15.3 Å². The van der Waals surface area contributed by atoms with Crippen molar-refractivity contribution in [3.63, 3.8) is 0 Å². The van der Waals surface area contributed by atoms with Crippen LogP contribution in [0, 0.1) is 0 Å². The highest BCUT2D eigenvalue weighted by Crippen LogP contribution is 2.62. The van der Waals surface area contributed by atoms with E-state index in [9.17, 15) is 0 Å². The van der Waals surface area contributed by atoms with Crippen LogP contribution in [0.15, 0.2) is 259 Å². The fraction of sp³-hybridized carbons (Fsp3) is 0.143. The SMILES string of the molecule is CC1(C)OB(c2ccc3c(c2)Oc2cccc4c2N3c2ccccc2O4)OC1(C)C.CC1(C)c2ccccc2-c2c(-c3ccc(-c4ccc5c(c4)Oc4cccc6c4N5c4ccccc4O6)cc3)cccc21.CC1(C)c2ccccc2-c2c(-c3ccc(Br)cc3)cccc21. The largest absolute Gasteiger partial charge is 0.494 e. The lowest BCUT2D eigenvalue weighted by Gasteiger charge is -2.37. The average Bonchev–Trinajstić information content (AvgIpc) is 0.875. The molecule has 8 nitrogen and oxygen atoms in total. The monoisotopic (exact) mass is 1290 g/mol. The number of para-hydroxylation sites is 6. The van der Waals surface area contributed by atoms with Gasteiger partial charge in [-0.05, 0) is 196 Å². The maximum atomic E-state index is 6.48. The Morgan fingerprint density at radius 1 is 0.298 bits per heavy atom. The van der Waals surface area contributed by atoms with Crippen molar-refractivity contribution < 1.29 is 28.3 Å². The summed E-state index contributed by atoms with van der Waals surface area (Å²) in [6.07, 6.45) is 0. The van der Waals surface area contributed by atoms with Crippen molar-refractivity contribution in [2.24, 2.45) is 0 Å². The third-order valence-corrected chi connectivity index (χ3v) is 20.8. The Kier molecular flexibility index (Phi) is 13.2. The van der Waals surface area contributed by atoms with Gasteiger partial charge in [-0.1, -0.05) is 213 Å². The minimum Gasteiger partial charge on any atom is -0.453 e. The zero-order valence-electron chi connectivity index (χ0n) is 53.5. The summed E-state index contributed by atoms with van der Waals surface area (Å²) in [5.74, 6) is 6.41. The molecule has 0 unspecified atom stereocenters. The van der Waals surface area contributed by atoms with E-state index in [2.05, 4.69) is 257 Å². The van der Waals surface area contributed by atoms with E-state index in [1.807, 2.05) is 78.9 Å². The van der Waals surface area contributed by atoms with E-state index in [4.69, 9.17) is 28.3 Å². The van der Waals surface area contributed by atoms with E-state index >= 15 is 0 Å². The van der Waals surface area contributed by atoms with Crippen molar-refractivity contribution in [1.29, 1.82) is 0 Å². The van der Waals surface area contributed by atoms with Gasteiger partial charge < -0.3 is 28.3 Å².